The molecule has 0 rings (SSSR count). The van der Waals surface area contributed by atoms with Crippen molar-refractivity contribution in [2.24, 2.45) is 5.92 Å². The van der Waals surface area contributed by atoms with Crippen LogP contribution >= 0.6 is 0 Å². The number of ketones is 1. The van der Waals surface area contributed by atoms with Crippen molar-refractivity contribution in [3.05, 3.63) is 12.7 Å². The summed E-state index contributed by atoms with van der Waals surface area (Å²) < 4.78 is 4.62. The third-order valence-electron chi connectivity index (χ3n) is 1.48. The molecule has 0 heterocycles. The first-order valence-electron chi connectivity index (χ1n) is 3.85. The monoisotopic (exact) mass is 180 g/mol. The lowest BCUT2D eigenvalue weighted by Gasteiger charge is -2.08. The van der Waals surface area contributed by atoms with Crippen molar-refractivity contribution >= 4 is 11.8 Å². The highest BCUT2D eigenvalue weighted by molar-refractivity contribution is 5.97. The number of Topliss-reactive ketones (excluding diaryl/α,β-unsaturated/α-hetero) is 1. The van der Waals surface area contributed by atoms with Crippen LogP contribution in [0.4, 0.5) is 0 Å². The van der Waals surface area contributed by atoms with Crippen LogP contribution in [0.25, 0.3) is 0 Å². The molecule has 0 N–H and O–H groups in total. The molecule has 0 bridgehead atoms. The first kappa shape index (κ1) is 11.4. The molecule has 0 fully saturated rings. The molecule has 1 atom stereocenters. The van der Waals surface area contributed by atoms with E-state index in [-0.39, 0.29) is 12.4 Å². The van der Waals surface area contributed by atoms with E-state index in [0.29, 0.717) is 6.42 Å². The Kier molecular flexibility index (Phi) is 5.29. The predicted octanol–water partition coefficient (Wildman–Crippen LogP) is 0.944. The SMILES string of the molecule is C#CCOC(=O)C(CC=C)C(C)=O. The van der Waals surface area contributed by atoms with Gasteiger partial charge in [-0.2, -0.15) is 0 Å². The van der Waals surface area contributed by atoms with Crippen molar-refractivity contribution in [1.29, 1.82) is 0 Å². The van der Waals surface area contributed by atoms with Crippen LogP contribution in [0.1, 0.15) is 13.3 Å². The van der Waals surface area contributed by atoms with E-state index in [1.54, 1.807) is 0 Å². The summed E-state index contributed by atoms with van der Waals surface area (Å²) in [6.45, 7) is 4.69. The number of allylic oxidation sites excluding steroid dienone is 1. The summed E-state index contributed by atoms with van der Waals surface area (Å²) in [5.74, 6) is 0.583. The minimum absolute atomic E-state index is 0.0975. The minimum atomic E-state index is -0.758. The Morgan fingerprint density at radius 1 is 1.69 bits per heavy atom. The maximum atomic E-state index is 11.1. The average molecular weight is 180 g/mol. The summed E-state index contributed by atoms with van der Waals surface area (Å²) in [5.41, 5.74) is 0. The smallest absolute Gasteiger partial charge is 0.317 e. The van der Waals surface area contributed by atoms with E-state index >= 15 is 0 Å². The van der Waals surface area contributed by atoms with Crippen LogP contribution in [-0.4, -0.2) is 18.4 Å². The molecule has 3 nitrogen and oxygen atoms in total. The highest BCUT2D eigenvalue weighted by Crippen LogP contribution is 2.07. The van der Waals surface area contributed by atoms with Crippen LogP contribution in [0.5, 0.6) is 0 Å². The second kappa shape index (κ2) is 6.01. The summed E-state index contributed by atoms with van der Waals surface area (Å²) in [6.07, 6.45) is 6.69. The van der Waals surface area contributed by atoms with E-state index in [1.807, 2.05) is 0 Å². The number of hydrogen-bond donors (Lipinski definition) is 0. The van der Waals surface area contributed by atoms with Gasteiger partial charge >= 0.3 is 5.97 Å². The fraction of sp³-hybridized carbons (Fsp3) is 0.400. The molecular weight excluding hydrogens is 168 g/mol. The van der Waals surface area contributed by atoms with Crippen molar-refractivity contribution in [3.8, 4) is 12.3 Å². The van der Waals surface area contributed by atoms with Gasteiger partial charge in [-0.15, -0.1) is 13.0 Å². The summed E-state index contributed by atoms with van der Waals surface area (Å²) >= 11 is 0. The summed E-state index contributed by atoms with van der Waals surface area (Å²) in [7, 11) is 0. The number of esters is 1. The average Bonchev–Trinajstić information content (AvgIpc) is 2.09. The maximum absolute atomic E-state index is 11.1. The van der Waals surface area contributed by atoms with Gasteiger partial charge in [-0.1, -0.05) is 12.0 Å². The molecular formula is C10H12O3. The molecule has 0 aromatic carbocycles. The maximum Gasteiger partial charge on any atom is 0.317 e. The van der Waals surface area contributed by atoms with E-state index in [0.717, 1.165) is 0 Å². The van der Waals surface area contributed by atoms with Gasteiger partial charge in [0.1, 0.15) is 11.7 Å². The Balaban J connectivity index is 4.21. The van der Waals surface area contributed by atoms with E-state index in [4.69, 9.17) is 6.42 Å². The molecule has 70 valence electrons. The number of hydrogen-bond acceptors (Lipinski definition) is 3. The van der Waals surface area contributed by atoms with Crippen LogP contribution in [0, 0.1) is 18.3 Å². The highest BCUT2D eigenvalue weighted by atomic mass is 16.5. The van der Waals surface area contributed by atoms with Gasteiger partial charge in [-0.3, -0.25) is 9.59 Å². The molecule has 0 saturated heterocycles. The van der Waals surface area contributed by atoms with Gasteiger partial charge in [0.2, 0.25) is 0 Å². The number of ether oxygens (including phenoxy) is 1. The lowest BCUT2D eigenvalue weighted by atomic mass is 10.0. The van der Waals surface area contributed by atoms with Crippen molar-refractivity contribution < 1.29 is 14.3 Å². The topological polar surface area (TPSA) is 43.4 Å². The molecule has 0 radical (unpaired) electrons. The normalized spacial score (nSPS) is 11.1. The Labute approximate surface area is 77.8 Å². The largest absolute Gasteiger partial charge is 0.452 e. The van der Waals surface area contributed by atoms with E-state index < -0.39 is 11.9 Å². The molecule has 0 aliphatic heterocycles. The molecule has 0 saturated carbocycles. The second-order valence-corrected chi connectivity index (χ2v) is 2.50. The van der Waals surface area contributed by atoms with Crippen LogP contribution in [0.2, 0.25) is 0 Å². The third kappa shape index (κ3) is 4.12. The van der Waals surface area contributed by atoms with Crippen molar-refractivity contribution in [2.75, 3.05) is 6.61 Å². The third-order valence-corrected chi connectivity index (χ3v) is 1.48. The van der Waals surface area contributed by atoms with Crippen molar-refractivity contribution in [3.63, 3.8) is 0 Å². The van der Waals surface area contributed by atoms with E-state index in [2.05, 4.69) is 17.2 Å². The summed E-state index contributed by atoms with van der Waals surface area (Å²) in [4.78, 5) is 22.1. The van der Waals surface area contributed by atoms with Crippen molar-refractivity contribution in [2.45, 2.75) is 13.3 Å². The summed E-state index contributed by atoms with van der Waals surface area (Å²) in [5, 5.41) is 0. The highest BCUT2D eigenvalue weighted by Gasteiger charge is 2.22. The summed E-state index contributed by atoms with van der Waals surface area (Å²) in [6, 6.07) is 0. The zero-order valence-corrected chi connectivity index (χ0v) is 7.58. The van der Waals surface area contributed by atoms with Gasteiger partial charge in [-0.05, 0) is 13.3 Å². The molecule has 3 heteroatoms. The molecule has 13 heavy (non-hydrogen) atoms. The molecule has 0 amide bonds. The minimum Gasteiger partial charge on any atom is -0.452 e. The molecule has 0 aromatic heterocycles. The van der Waals surface area contributed by atoms with Gasteiger partial charge in [0.15, 0.2) is 6.61 Å². The fourth-order valence-electron chi connectivity index (χ4n) is 0.808. The van der Waals surface area contributed by atoms with Crippen molar-refractivity contribution in [1.82, 2.24) is 0 Å². The number of rotatable bonds is 5. The Bertz CT molecular complexity index is 247. The first-order chi connectivity index (χ1) is 6.13. The van der Waals surface area contributed by atoms with Crippen LogP contribution in [0.3, 0.4) is 0 Å². The van der Waals surface area contributed by atoms with E-state index in [9.17, 15) is 9.59 Å². The van der Waals surface area contributed by atoms with Gasteiger partial charge in [0, 0.05) is 0 Å². The zero-order chi connectivity index (χ0) is 10.3. The molecule has 0 aliphatic carbocycles. The van der Waals surface area contributed by atoms with E-state index in [1.165, 1.54) is 13.0 Å². The van der Waals surface area contributed by atoms with Gasteiger partial charge in [0.05, 0.1) is 0 Å². The standard InChI is InChI=1S/C10H12O3/c1-4-6-9(8(3)11)10(12)13-7-5-2/h2,4,9H,1,6-7H2,3H3. The molecule has 0 spiro atoms. The van der Waals surface area contributed by atoms with Crippen LogP contribution in [0.15, 0.2) is 12.7 Å². The Morgan fingerprint density at radius 2 is 2.31 bits per heavy atom. The zero-order valence-electron chi connectivity index (χ0n) is 7.58. The molecule has 0 aromatic rings. The quantitative estimate of drug-likeness (QED) is 0.274. The Hall–Kier alpha value is -1.56. The number of terminal acetylenes is 1. The fourth-order valence-corrected chi connectivity index (χ4v) is 0.808. The second-order valence-electron chi connectivity index (χ2n) is 2.50. The number of carbonyl (C=O) groups excluding carboxylic acids is 2. The molecule has 1 unspecified atom stereocenters. The van der Waals surface area contributed by atoms with Gasteiger partial charge in [-0.25, -0.2) is 0 Å². The Morgan fingerprint density at radius 3 is 2.69 bits per heavy atom. The lowest BCUT2D eigenvalue weighted by molar-refractivity contribution is -0.150. The number of carbonyl (C=O) groups is 2. The van der Waals surface area contributed by atoms with Gasteiger partial charge in [0.25, 0.3) is 0 Å². The van der Waals surface area contributed by atoms with Crippen LogP contribution < -0.4 is 0 Å². The van der Waals surface area contributed by atoms with Crippen LogP contribution in [-0.2, 0) is 14.3 Å². The first-order valence-corrected chi connectivity index (χ1v) is 3.85. The van der Waals surface area contributed by atoms with Gasteiger partial charge < -0.3 is 4.74 Å². The lowest BCUT2D eigenvalue weighted by Crippen LogP contribution is -2.23. The predicted molar refractivity (Wildman–Crippen MR) is 48.8 cm³/mol. The molecule has 0 aliphatic rings.